The van der Waals surface area contributed by atoms with Gasteiger partial charge in [0.2, 0.25) is 0 Å². The van der Waals surface area contributed by atoms with Gasteiger partial charge in [0.25, 0.3) is 0 Å². The van der Waals surface area contributed by atoms with Crippen LogP contribution in [0.4, 0.5) is 4.39 Å². The minimum atomic E-state index is -0.306. The van der Waals surface area contributed by atoms with Gasteiger partial charge in [-0.1, -0.05) is 12.2 Å². The Morgan fingerprint density at radius 3 is 2.93 bits per heavy atom. The molecular weight excluding hydrogens is 185 g/mol. The van der Waals surface area contributed by atoms with Crippen molar-refractivity contribution in [1.82, 2.24) is 0 Å². The Morgan fingerprint density at radius 2 is 2.29 bits per heavy atom. The first-order valence-corrected chi connectivity index (χ1v) is 4.09. The highest BCUT2D eigenvalue weighted by atomic mass is 19.1. The number of benzene rings is 1. The summed E-state index contributed by atoms with van der Waals surface area (Å²) in [6, 6.07) is 4.29. The smallest absolute Gasteiger partial charge is 0.126 e. The van der Waals surface area contributed by atoms with E-state index in [-0.39, 0.29) is 12.4 Å². The molecule has 0 aromatic heterocycles. The van der Waals surface area contributed by atoms with Gasteiger partial charge < -0.3 is 9.57 Å². The Bertz CT molecular complexity index is 326. The van der Waals surface area contributed by atoms with Gasteiger partial charge in [-0.25, -0.2) is 10.3 Å². The number of hydrogen-bond acceptors (Lipinski definition) is 3. The van der Waals surface area contributed by atoms with Gasteiger partial charge in [0.05, 0.1) is 13.7 Å². The third-order valence-corrected chi connectivity index (χ3v) is 1.68. The highest BCUT2D eigenvalue weighted by Crippen LogP contribution is 2.20. The van der Waals surface area contributed by atoms with Crippen LogP contribution in [0.25, 0.3) is 6.08 Å². The van der Waals surface area contributed by atoms with Crippen LogP contribution in [-0.4, -0.2) is 13.7 Å². The summed E-state index contributed by atoms with van der Waals surface area (Å²) >= 11 is 0. The summed E-state index contributed by atoms with van der Waals surface area (Å²) < 4.78 is 17.9. The summed E-state index contributed by atoms with van der Waals surface area (Å²) in [5.41, 5.74) is 0.657. The molecule has 0 aliphatic heterocycles. The minimum Gasteiger partial charge on any atom is -0.496 e. The topological polar surface area (TPSA) is 44.5 Å². The Hall–Kier alpha value is -1.39. The average molecular weight is 197 g/mol. The minimum absolute atomic E-state index is 0.277. The first-order chi connectivity index (χ1) is 6.77. The van der Waals surface area contributed by atoms with Gasteiger partial charge >= 0.3 is 0 Å². The van der Waals surface area contributed by atoms with Gasteiger partial charge in [-0.3, -0.25) is 0 Å². The van der Waals surface area contributed by atoms with E-state index in [2.05, 4.69) is 4.84 Å². The molecular formula is C10H12FNO2. The van der Waals surface area contributed by atoms with Crippen LogP contribution < -0.4 is 10.6 Å². The maximum atomic E-state index is 12.8. The molecule has 0 saturated carbocycles. The fraction of sp³-hybridized carbons (Fsp3) is 0.200. The van der Waals surface area contributed by atoms with Crippen molar-refractivity contribution < 1.29 is 14.0 Å². The van der Waals surface area contributed by atoms with Gasteiger partial charge in [0.1, 0.15) is 11.6 Å². The molecule has 0 atom stereocenters. The van der Waals surface area contributed by atoms with Crippen LogP contribution in [0.5, 0.6) is 5.75 Å². The van der Waals surface area contributed by atoms with Crippen LogP contribution in [0, 0.1) is 5.82 Å². The molecule has 0 aliphatic rings. The van der Waals surface area contributed by atoms with Gasteiger partial charge in [0.15, 0.2) is 0 Å². The first kappa shape index (κ1) is 10.7. The van der Waals surface area contributed by atoms with Crippen LogP contribution in [0.2, 0.25) is 0 Å². The Labute approximate surface area is 81.9 Å². The van der Waals surface area contributed by atoms with Crippen molar-refractivity contribution >= 4 is 6.08 Å². The second-order valence-corrected chi connectivity index (χ2v) is 2.62. The lowest BCUT2D eigenvalue weighted by Crippen LogP contribution is -1.97. The molecule has 0 saturated heterocycles. The highest BCUT2D eigenvalue weighted by molar-refractivity contribution is 5.57. The van der Waals surface area contributed by atoms with Crippen LogP contribution >= 0.6 is 0 Å². The van der Waals surface area contributed by atoms with Gasteiger partial charge in [0, 0.05) is 5.56 Å². The normalized spacial score (nSPS) is 10.8. The zero-order valence-corrected chi connectivity index (χ0v) is 7.87. The maximum absolute atomic E-state index is 12.8. The average Bonchev–Trinajstić information content (AvgIpc) is 2.19. The third-order valence-electron chi connectivity index (χ3n) is 1.68. The van der Waals surface area contributed by atoms with Gasteiger partial charge in [-0.15, -0.1) is 0 Å². The van der Waals surface area contributed by atoms with Crippen LogP contribution in [0.15, 0.2) is 24.3 Å². The van der Waals surface area contributed by atoms with E-state index in [9.17, 15) is 4.39 Å². The quantitative estimate of drug-likeness (QED) is 0.748. The van der Waals surface area contributed by atoms with Crippen molar-refractivity contribution in [2.24, 2.45) is 5.90 Å². The van der Waals surface area contributed by atoms with Gasteiger partial charge in [-0.05, 0) is 18.2 Å². The molecule has 0 radical (unpaired) electrons. The predicted molar refractivity (Wildman–Crippen MR) is 52.1 cm³/mol. The van der Waals surface area contributed by atoms with Crippen molar-refractivity contribution in [1.29, 1.82) is 0 Å². The molecule has 3 nitrogen and oxygen atoms in total. The fourth-order valence-electron chi connectivity index (χ4n) is 1.07. The van der Waals surface area contributed by atoms with Crippen molar-refractivity contribution in [2.45, 2.75) is 0 Å². The number of halogens is 1. The van der Waals surface area contributed by atoms with E-state index in [0.717, 1.165) is 0 Å². The predicted octanol–water partition coefficient (Wildman–Crippen LogP) is 1.74. The zero-order valence-electron chi connectivity index (χ0n) is 7.87. The second kappa shape index (κ2) is 5.36. The molecule has 0 bridgehead atoms. The number of hydrogen-bond donors (Lipinski definition) is 1. The summed E-state index contributed by atoms with van der Waals surface area (Å²) in [5, 5.41) is 0. The highest BCUT2D eigenvalue weighted by Gasteiger charge is 2.00. The summed E-state index contributed by atoms with van der Waals surface area (Å²) in [7, 11) is 1.53. The Kier molecular flexibility index (Phi) is 4.10. The molecule has 1 aromatic rings. The van der Waals surface area contributed by atoms with Crippen molar-refractivity contribution in [3.05, 3.63) is 35.7 Å². The molecule has 0 amide bonds. The lowest BCUT2D eigenvalue weighted by molar-refractivity contribution is 0.168. The molecule has 0 unspecified atom stereocenters. The van der Waals surface area contributed by atoms with E-state index in [4.69, 9.17) is 10.6 Å². The fourth-order valence-corrected chi connectivity index (χ4v) is 1.07. The summed E-state index contributed by atoms with van der Waals surface area (Å²) in [6.45, 7) is 0.277. The number of ether oxygens (including phenoxy) is 1. The molecule has 0 fully saturated rings. The van der Waals surface area contributed by atoms with Crippen LogP contribution in [-0.2, 0) is 4.84 Å². The summed E-state index contributed by atoms with van der Waals surface area (Å²) in [5.74, 6) is 5.14. The molecule has 14 heavy (non-hydrogen) atoms. The lowest BCUT2D eigenvalue weighted by atomic mass is 10.2. The molecule has 1 rings (SSSR count). The van der Waals surface area contributed by atoms with Crippen molar-refractivity contribution in [3.63, 3.8) is 0 Å². The van der Waals surface area contributed by atoms with Crippen LogP contribution in [0.1, 0.15) is 5.56 Å². The van der Waals surface area contributed by atoms with Gasteiger partial charge in [-0.2, -0.15) is 0 Å². The monoisotopic (exact) mass is 197 g/mol. The molecule has 2 N–H and O–H groups in total. The summed E-state index contributed by atoms with van der Waals surface area (Å²) in [6.07, 6.45) is 3.37. The number of methoxy groups -OCH3 is 1. The van der Waals surface area contributed by atoms with E-state index in [1.807, 2.05) is 0 Å². The van der Waals surface area contributed by atoms with E-state index in [0.29, 0.717) is 11.3 Å². The molecule has 4 heteroatoms. The van der Waals surface area contributed by atoms with E-state index < -0.39 is 0 Å². The molecule has 1 aromatic carbocycles. The second-order valence-electron chi connectivity index (χ2n) is 2.62. The number of rotatable bonds is 4. The third kappa shape index (κ3) is 2.83. The largest absolute Gasteiger partial charge is 0.496 e. The molecule has 0 aliphatic carbocycles. The van der Waals surface area contributed by atoms with Crippen LogP contribution in [0.3, 0.4) is 0 Å². The first-order valence-electron chi connectivity index (χ1n) is 4.09. The van der Waals surface area contributed by atoms with E-state index in [1.165, 1.54) is 19.2 Å². The summed E-state index contributed by atoms with van der Waals surface area (Å²) in [4.78, 5) is 4.35. The van der Waals surface area contributed by atoms with Crippen molar-refractivity contribution in [3.8, 4) is 5.75 Å². The zero-order chi connectivity index (χ0) is 10.4. The maximum Gasteiger partial charge on any atom is 0.126 e. The molecule has 0 spiro atoms. The number of nitrogens with two attached hydrogens (primary N) is 1. The lowest BCUT2D eigenvalue weighted by Gasteiger charge is -2.03. The van der Waals surface area contributed by atoms with Crippen molar-refractivity contribution in [2.75, 3.05) is 13.7 Å². The Morgan fingerprint density at radius 1 is 1.50 bits per heavy atom. The molecule has 76 valence electrons. The SMILES string of the molecule is COc1ccc(F)cc1C=CCON. The Balaban J connectivity index is 2.87. The van der Waals surface area contributed by atoms with E-state index in [1.54, 1.807) is 18.2 Å². The standard InChI is InChI=1S/C10H12FNO2/c1-13-10-5-4-9(11)7-8(10)3-2-6-14-12/h2-5,7H,6,12H2,1H3. The van der Waals surface area contributed by atoms with E-state index >= 15 is 0 Å². The molecule has 0 heterocycles.